The van der Waals surface area contributed by atoms with Gasteiger partial charge in [-0.1, -0.05) is 0 Å². The number of rotatable bonds is 7. The van der Waals surface area contributed by atoms with Gasteiger partial charge in [0, 0.05) is 6.20 Å². The van der Waals surface area contributed by atoms with E-state index in [-0.39, 0.29) is 28.6 Å². The Kier molecular flexibility index (Phi) is 6.11. The first-order valence-corrected chi connectivity index (χ1v) is 8.89. The van der Waals surface area contributed by atoms with Crippen LogP contribution >= 0.6 is 11.3 Å². The summed E-state index contributed by atoms with van der Waals surface area (Å²) in [5.74, 6) is -2.58. The second kappa shape index (κ2) is 8.12. The molecule has 10 heteroatoms. The molecule has 0 aliphatic carbocycles. The second-order valence-corrected chi connectivity index (χ2v) is 6.71. The zero-order valence-electron chi connectivity index (χ0n) is 15.2. The van der Waals surface area contributed by atoms with Crippen molar-refractivity contribution >= 4 is 40.0 Å². The number of hydrogen-bond donors (Lipinski definition) is 2. The molecule has 1 amide bonds. The summed E-state index contributed by atoms with van der Waals surface area (Å²) in [7, 11) is 0. The van der Waals surface area contributed by atoms with Gasteiger partial charge in [0.25, 0.3) is 0 Å². The van der Waals surface area contributed by atoms with Crippen LogP contribution in [0, 0.1) is 6.92 Å². The van der Waals surface area contributed by atoms with Crippen LogP contribution < -0.4 is 5.32 Å². The third-order valence-electron chi connectivity index (χ3n) is 3.79. The van der Waals surface area contributed by atoms with Crippen LogP contribution in [0.1, 0.15) is 62.9 Å². The highest BCUT2D eigenvalue weighted by atomic mass is 32.1. The number of aromatic nitrogens is 2. The van der Waals surface area contributed by atoms with Gasteiger partial charge in [-0.15, -0.1) is 11.3 Å². The molecule has 0 saturated carbocycles. The summed E-state index contributed by atoms with van der Waals surface area (Å²) in [6, 6.07) is 0.440. The maximum absolute atomic E-state index is 12.6. The number of carbonyl (C=O) groups is 4. The van der Waals surface area contributed by atoms with E-state index in [4.69, 9.17) is 9.84 Å². The smallest absolute Gasteiger partial charge is 0.356 e. The van der Waals surface area contributed by atoms with Gasteiger partial charge in [0.2, 0.25) is 5.91 Å². The minimum Gasteiger partial charge on any atom is -0.476 e. The van der Waals surface area contributed by atoms with E-state index in [9.17, 15) is 19.2 Å². The van der Waals surface area contributed by atoms with Crippen LogP contribution in [0.5, 0.6) is 0 Å². The van der Waals surface area contributed by atoms with Crippen LogP contribution in [0.2, 0.25) is 0 Å². The van der Waals surface area contributed by atoms with Crippen molar-refractivity contribution in [3.05, 3.63) is 34.0 Å². The Hall–Kier alpha value is -3.01. The first-order chi connectivity index (χ1) is 12.7. The van der Waals surface area contributed by atoms with Gasteiger partial charge in [0.05, 0.1) is 17.0 Å². The largest absolute Gasteiger partial charge is 0.476 e. The van der Waals surface area contributed by atoms with E-state index in [0.29, 0.717) is 10.4 Å². The van der Waals surface area contributed by atoms with E-state index >= 15 is 0 Å². The molecule has 0 aliphatic heterocycles. The van der Waals surface area contributed by atoms with Gasteiger partial charge in [-0.25, -0.2) is 9.59 Å². The molecule has 0 saturated heterocycles. The Morgan fingerprint density at radius 3 is 2.56 bits per heavy atom. The topological polar surface area (TPSA) is 128 Å². The number of aromatic carboxylic acids is 1. The average molecular weight is 393 g/mol. The van der Waals surface area contributed by atoms with Gasteiger partial charge in [0.1, 0.15) is 11.0 Å². The van der Waals surface area contributed by atoms with Crippen molar-refractivity contribution in [3.63, 3.8) is 0 Å². The van der Waals surface area contributed by atoms with E-state index in [1.54, 1.807) is 13.8 Å². The van der Waals surface area contributed by atoms with E-state index in [2.05, 4.69) is 10.4 Å². The lowest BCUT2D eigenvalue weighted by molar-refractivity contribution is -0.119. The number of carboxylic acid groups (broad SMARTS) is 1. The number of thiophene rings is 1. The van der Waals surface area contributed by atoms with Crippen LogP contribution in [0.4, 0.5) is 5.00 Å². The van der Waals surface area contributed by atoms with Crippen LogP contribution in [-0.2, 0) is 9.53 Å². The number of ether oxygens (including phenoxy) is 1. The van der Waals surface area contributed by atoms with Gasteiger partial charge in [-0.2, -0.15) is 5.10 Å². The molecule has 9 nitrogen and oxygen atoms in total. The summed E-state index contributed by atoms with van der Waals surface area (Å²) in [5, 5.41) is 15.6. The molecule has 0 radical (unpaired) electrons. The summed E-state index contributed by atoms with van der Waals surface area (Å²) in [6.45, 7) is 6.33. The molecule has 2 aromatic rings. The lowest BCUT2D eigenvalue weighted by Crippen LogP contribution is -2.25. The third-order valence-corrected chi connectivity index (χ3v) is 5.09. The van der Waals surface area contributed by atoms with E-state index in [1.165, 1.54) is 30.8 Å². The number of carbonyl (C=O) groups excluding carboxylic acids is 3. The SMILES string of the molecule is CCOC(=O)c1c(NC(=O)C(C)n2ccc(C(=O)O)n2)sc(C(C)=O)c1C. The highest BCUT2D eigenvalue weighted by Gasteiger charge is 2.27. The van der Waals surface area contributed by atoms with Gasteiger partial charge in [0.15, 0.2) is 11.5 Å². The van der Waals surface area contributed by atoms with Crippen molar-refractivity contribution in [2.45, 2.75) is 33.7 Å². The molecule has 0 aromatic carbocycles. The normalized spacial score (nSPS) is 11.7. The summed E-state index contributed by atoms with van der Waals surface area (Å²) in [4.78, 5) is 47.9. The van der Waals surface area contributed by atoms with Crippen molar-refractivity contribution in [2.75, 3.05) is 11.9 Å². The van der Waals surface area contributed by atoms with Crippen LogP contribution in [0.25, 0.3) is 0 Å². The maximum atomic E-state index is 12.6. The fourth-order valence-electron chi connectivity index (χ4n) is 2.39. The fourth-order valence-corrected chi connectivity index (χ4v) is 3.48. The van der Waals surface area contributed by atoms with Gasteiger partial charge in [-0.05, 0) is 39.3 Å². The van der Waals surface area contributed by atoms with Crippen molar-refractivity contribution in [1.82, 2.24) is 9.78 Å². The van der Waals surface area contributed by atoms with Gasteiger partial charge < -0.3 is 15.2 Å². The molecule has 1 unspecified atom stereocenters. The number of amides is 1. The predicted octanol–water partition coefficient (Wildman–Crippen LogP) is 2.53. The molecule has 0 fully saturated rings. The Labute approximate surface area is 158 Å². The van der Waals surface area contributed by atoms with Crippen molar-refractivity contribution in [3.8, 4) is 0 Å². The predicted molar refractivity (Wildman–Crippen MR) is 97.5 cm³/mol. The number of Topliss-reactive ketones (excluding diaryl/α,β-unsaturated/α-hetero) is 1. The van der Waals surface area contributed by atoms with E-state index < -0.39 is 23.9 Å². The number of carboxylic acids is 1. The zero-order valence-corrected chi connectivity index (χ0v) is 16.0. The highest BCUT2D eigenvalue weighted by Crippen LogP contribution is 2.34. The Balaban J connectivity index is 2.32. The Morgan fingerprint density at radius 2 is 2.04 bits per heavy atom. The standard InChI is InChI=1S/C17H19N3O6S/c1-5-26-17(25)12-8(2)13(10(4)21)27-15(12)18-14(22)9(3)20-7-6-11(19-20)16(23)24/h6-7,9H,5H2,1-4H3,(H,18,22)(H,23,24). The lowest BCUT2D eigenvalue weighted by atomic mass is 10.1. The lowest BCUT2D eigenvalue weighted by Gasteiger charge is -2.13. The monoisotopic (exact) mass is 393 g/mol. The third kappa shape index (κ3) is 4.22. The zero-order chi connectivity index (χ0) is 20.3. The average Bonchev–Trinajstić information content (AvgIpc) is 3.19. The van der Waals surface area contributed by atoms with Crippen molar-refractivity contribution in [1.29, 1.82) is 0 Å². The van der Waals surface area contributed by atoms with Gasteiger partial charge in [-0.3, -0.25) is 14.3 Å². The molecule has 0 bridgehead atoms. The molecule has 1 atom stereocenters. The molecule has 2 N–H and O–H groups in total. The molecular weight excluding hydrogens is 374 g/mol. The van der Waals surface area contributed by atoms with Crippen LogP contribution in [0.3, 0.4) is 0 Å². The molecule has 2 rings (SSSR count). The van der Waals surface area contributed by atoms with Crippen molar-refractivity contribution < 1.29 is 29.0 Å². The summed E-state index contributed by atoms with van der Waals surface area (Å²) in [5.41, 5.74) is 0.396. The first-order valence-electron chi connectivity index (χ1n) is 8.08. The molecule has 0 spiro atoms. The number of nitrogens with zero attached hydrogens (tertiary/aromatic N) is 2. The Morgan fingerprint density at radius 1 is 1.37 bits per heavy atom. The molecule has 0 aliphatic rings. The maximum Gasteiger partial charge on any atom is 0.356 e. The number of nitrogens with one attached hydrogen (secondary N) is 1. The fraction of sp³-hybridized carbons (Fsp3) is 0.353. The first kappa shape index (κ1) is 20.3. The summed E-state index contributed by atoms with van der Waals surface area (Å²) >= 11 is 0.993. The number of hydrogen-bond acceptors (Lipinski definition) is 7. The van der Waals surface area contributed by atoms with Crippen molar-refractivity contribution in [2.24, 2.45) is 0 Å². The van der Waals surface area contributed by atoms with Crippen LogP contribution in [0.15, 0.2) is 12.3 Å². The van der Waals surface area contributed by atoms with Gasteiger partial charge >= 0.3 is 11.9 Å². The molecule has 27 heavy (non-hydrogen) atoms. The molecule has 2 aromatic heterocycles. The molecular formula is C17H19N3O6S. The minimum absolute atomic E-state index is 0.138. The molecule has 2 heterocycles. The number of anilines is 1. The quantitative estimate of drug-likeness (QED) is 0.546. The summed E-state index contributed by atoms with van der Waals surface area (Å²) < 4.78 is 6.22. The highest BCUT2D eigenvalue weighted by molar-refractivity contribution is 7.18. The minimum atomic E-state index is -1.20. The molecule has 144 valence electrons. The summed E-state index contributed by atoms with van der Waals surface area (Å²) in [6.07, 6.45) is 1.38. The van der Waals surface area contributed by atoms with E-state index in [0.717, 1.165) is 11.3 Å². The van der Waals surface area contributed by atoms with Crippen LogP contribution in [-0.4, -0.2) is 45.1 Å². The van der Waals surface area contributed by atoms with E-state index in [1.807, 2.05) is 0 Å². The number of esters is 1. The Bertz CT molecular complexity index is 914. The number of ketones is 1. The second-order valence-electron chi connectivity index (χ2n) is 5.69.